The van der Waals surface area contributed by atoms with Gasteiger partial charge in [-0.3, -0.25) is 0 Å². The van der Waals surface area contributed by atoms with Crippen LogP contribution in [0, 0.1) is 0 Å². The molecule has 0 saturated heterocycles. The molecule has 5 heteroatoms. The monoisotopic (exact) mass is 368 g/mol. The van der Waals surface area contributed by atoms with E-state index < -0.39 is 19.8 Å². The molecule has 0 amide bonds. The van der Waals surface area contributed by atoms with E-state index in [1.165, 1.54) is 0 Å². The third kappa shape index (κ3) is 14.0. The van der Waals surface area contributed by atoms with Gasteiger partial charge in [-0.2, -0.15) is 0 Å². The number of carbonyl (C=O) groups is 3. The molecule has 3 nitrogen and oxygen atoms in total. The van der Waals surface area contributed by atoms with Crippen molar-refractivity contribution in [2.24, 2.45) is 0 Å². The third-order valence-electron chi connectivity index (χ3n) is 2.49. The first-order chi connectivity index (χ1) is 7.41. The van der Waals surface area contributed by atoms with Crippen LogP contribution in [0.3, 0.4) is 0 Å². The molecule has 0 fully saturated rings. The molecule has 0 rings (SSSR count). The van der Waals surface area contributed by atoms with Gasteiger partial charge in [-0.1, -0.05) is 0 Å². The number of Topliss-reactive ketones (excluding diaryl/α,β-unsaturated/α-hetero) is 3. The van der Waals surface area contributed by atoms with E-state index in [-0.39, 0.29) is 29.8 Å². The first-order valence-corrected chi connectivity index (χ1v) is 11.8. The summed E-state index contributed by atoms with van der Waals surface area (Å²) >= 11 is -1.64. The van der Waals surface area contributed by atoms with Crippen molar-refractivity contribution in [1.29, 1.82) is 0 Å². The molecule has 0 aliphatic carbocycles. The van der Waals surface area contributed by atoms with Crippen molar-refractivity contribution in [2.75, 3.05) is 0 Å². The van der Waals surface area contributed by atoms with Crippen molar-refractivity contribution >= 4 is 37.1 Å². The summed E-state index contributed by atoms with van der Waals surface area (Å²) in [5.41, 5.74) is 0. The average Bonchev–Trinajstić information content (AvgIpc) is 2.15. The molecular weight excluding hydrogens is 346 g/mol. The van der Waals surface area contributed by atoms with Crippen molar-refractivity contribution < 1.29 is 26.8 Å². The number of rotatable bonds is 9. The van der Waals surface area contributed by atoms with Gasteiger partial charge in [0.2, 0.25) is 0 Å². The molecule has 0 aliphatic heterocycles. The van der Waals surface area contributed by atoms with Crippen LogP contribution in [0.15, 0.2) is 0 Å². The Bertz CT molecular complexity index is 224. The molecule has 0 atom stereocenters. The van der Waals surface area contributed by atoms with E-state index in [1.807, 2.05) is 0 Å². The minimum absolute atomic E-state index is 0. The van der Waals surface area contributed by atoms with E-state index >= 15 is 0 Å². The van der Waals surface area contributed by atoms with Crippen LogP contribution in [0.25, 0.3) is 0 Å². The minimum atomic E-state index is -1.64. The average molecular weight is 367 g/mol. The van der Waals surface area contributed by atoms with Crippen LogP contribution in [-0.4, -0.2) is 37.1 Å². The van der Waals surface area contributed by atoms with Gasteiger partial charge in [0.05, 0.1) is 0 Å². The van der Waals surface area contributed by atoms with Crippen LogP contribution in [0.4, 0.5) is 0 Å². The van der Waals surface area contributed by atoms with Crippen LogP contribution in [0.5, 0.6) is 0 Å². The van der Waals surface area contributed by atoms with E-state index in [9.17, 15) is 14.4 Å². The minimum Gasteiger partial charge on any atom is -1.00 e. The molecule has 0 bridgehead atoms. The molecule has 0 aliphatic rings. The first-order valence-electron chi connectivity index (χ1n) is 5.73. The van der Waals surface area contributed by atoms with Crippen molar-refractivity contribution in [3.63, 3.8) is 0 Å². The molecule has 0 aromatic rings. The molecule has 0 unspecified atom stereocenters. The van der Waals surface area contributed by atoms with Crippen molar-refractivity contribution in [3.8, 4) is 0 Å². The number of hydrogen-bond donors (Lipinski definition) is 0. The second-order valence-electron chi connectivity index (χ2n) is 4.36. The summed E-state index contributed by atoms with van der Waals surface area (Å²) in [7, 11) is 0. The number of hydrogen-bond acceptors (Lipinski definition) is 3. The van der Waals surface area contributed by atoms with Crippen molar-refractivity contribution in [1.82, 2.24) is 0 Å². The summed E-state index contributed by atoms with van der Waals surface area (Å²) in [4.78, 5) is 32.8. The predicted molar refractivity (Wildman–Crippen MR) is 66.1 cm³/mol. The van der Waals surface area contributed by atoms with E-state index in [4.69, 9.17) is 0 Å². The Balaban J connectivity index is 0. The number of carbonyl (C=O) groups excluding carboxylic acids is 3. The van der Waals surface area contributed by atoms with Gasteiger partial charge in [0.25, 0.3) is 0 Å². The van der Waals surface area contributed by atoms with Crippen molar-refractivity contribution in [2.45, 2.75) is 53.3 Å². The van der Waals surface area contributed by atoms with Gasteiger partial charge in [0.1, 0.15) is 0 Å². The zero-order valence-electron chi connectivity index (χ0n) is 10.8. The van der Waals surface area contributed by atoms with Gasteiger partial charge in [-0.05, 0) is 0 Å². The molecule has 0 aromatic heterocycles. The van der Waals surface area contributed by atoms with Crippen LogP contribution in [0.2, 0.25) is 13.3 Å². The molecule has 98 valence electrons. The molecule has 17 heavy (non-hydrogen) atoms. The Morgan fingerprint density at radius 3 is 1.12 bits per heavy atom. The first kappa shape index (κ1) is 19.4. The molecule has 0 spiro atoms. The Labute approximate surface area is 117 Å². The van der Waals surface area contributed by atoms with Gasteiger partial charge in [-0.25, -0.2) is 0 Å². The molecule has 0 radical (unpaired) electrons. The van der Waals surface area contributed by atoms with Gasteiger partial charge in [0, 0.05) is 0 Å². The fraction of sp³-hybridized carbons (Fsp3) is 0.750. The third-order valence-corrected chi connectivity index (χ3v) is 10.7. The molecule has 0 heterocycles. The Morgan fingerprint density at radius 1 is 0.706 bits per heavy atom. The maximum atomic E-state index is 10.9. The maximum Gasteiger partial charge on any atom is -1.00 e. The Hall–Kier alpha value is 0.0987. The van der Waals surface area contributed by atoms with Crippen molar-refractivity contribution in [3.05, 3.63) is 0 Å². The predicted octanol–water partition coefficient (Wildman–Crippen LogP) is -0.577. The van der Waals surface area contributed by atoms with E-state index in [2.05, 4.69) is 0 Å². The van der Waals surface area contributed by atoms with Gasteiger partial charge in [0.15, 0.2) is 0 Å². The summed E-state index contributed by atoms with van der Waals surface area (Å²) in [6, 6.07) is 0. The quantitative estimate of drug-likeness (QED) is 0.513. The summed E-state index contributed by atoms with van der Waals surface area (Å²) < 4.78 is 2.99. The van der Waals surface area contributed by atoms with Crippen LogP contribution in [-0.2, 0) is 14.4 Å². The van der Waals surface area contributed by atoms with Crippen LogP contribution in [0.1, 0.15) is 40.0 Å². The number of halogens is 1. The van der Waals surface area contributed by atoms with Gasteiger partial charge >= 0.3 is 105 Å². The van der Waals surface area contributed by atoms with Gasteiger partial charge in [-0.15, -0.1) is 0 Å². The molecule has 0 aromatic carbocycles. The van der Waals surface area contributed by atoms with Crippen LogP contribution >= 0.6 is 0 Å². The standard InChI is InChI=1S/3C4H7O.ClH.Sn/c3*1-3-4(2)5;;/h3*1,3H2,2H3;1H;/q;;;;+1/p-1. The summed E-state index contributed by atoms with van der Waals surface area (Å²) in [6.45, 7) is 4.82. The molecule has 0 N–H and O–H groups in total. The normalized spacial score (nSPS) is 9.35. The zero-order chi connectivity index (χ0) is 12.6. The SMILES string of the molecule is CC(=O)C[CH2][Sn+]([CH2]CC(C)=O)[CH2]CC(C)=O.[Cl-]. The second-order valence-corrected chi connectivity index (χ2v) is 12.9. The topological polar surface area (TPSA) is 51.2 Å². The summed E-state index contributed by atoms with van der Waals surface area (Å²) in [5, 5.41) is 0. The number of ketones is 3. The fourth-order valence-electron chi connectivity index (χ4n) is 1.43. The van der Waals surface area contributed by atoms with E-state index in [1.54, 1.807) is 20.8 Å². The fourth-order valence-corrected chi connectivity index (χ4v) is 9.62. The largest absolute Gasteiger partial charge is 1.00 e. The zero-order valence-corrected chi connectivity index (χ0v) is 14.5. The van der Waals surface area contributed by atoms with E-state index in [0.29, 0.717) is 19.3 Å². The molecular formula is C12H21ClO3Sn. The van der Waals surface area contributed by atoms with Crippen LogP contribution < -0.4 is 12.4 Å². The Morgan fingerprint density at radius 2 is 0.941 bits per heavy atom. The summed E-state index contributed by atoms with van der Waals surface area (Å²) in [6.07, 6.45) is 1.93. The molecule has 0 saturated carbocycles. The Kier molecular flexibility index (Phi) is 12.8. The van der Waals surface area contributed by atoms with E-state index in [0.717, 1.165) is 13.3 Å². The maximum absolute atomic E-state index is 10.9. The smallest absolute Gasteiger partial charge is 1.00 e. The summed E-state index contributed by atoms with van der Waals surface area (Å²) in [5.74, 6) is 0.677. The second kappa shape index (κ2) is 11.2. The van der Waals surface area contributed by atoms with Gasteiger partial charge < -0.3 is 12.4 Å².